The number of hydrogen-bond donors (Lipinski definition) is 0. The Morgan fingerprint density at radius 1 is 1.37 bits per heavy atom. The van der Waals surface area contributed by atoms with Crippen molar-refractivity contribution in [1.82, 2.24) is 0 Å². The first-order valence-electron chi connectivity index (χ1n) is 6.70. The van der Waals surface area contributed by atoms with Crippen molar-refractivity contribution in [3.63, 3.8) is 0 Å². The normalized spacial score (nSPS) is 22.8. The maximum atomic E-state index is 11.8. The zero-order valence-corrected chi connectivity index (χ0v) is 11.3. The lowest BCUT2D eigenvalue weighted by molar-refractivity contribution is -0.0618. The second-order valence-electron chi connectivity index (χ2n) is 4.99. The van der Waals surface area contributed by atoms with E-state index in [1.807, 2.05) is 25.1 Å². The Morgan fingerprint density at radius 3 is 2.79 bits per heavy atom. The van der Waals surface area contributed by atoms with E-state index in [1.165, 1.54) is 0 Å². The molecule has 0 spiro atoms. The Bertz CT molecular complexity index is 439. The van der Waals surface area contributed by atoms with Crippen LogP contribution >= 0.6 is 0 Å². The van der Waals surface area contributed by atoms with E-state index in [9.17, 15) is 4.79 Å². The summed E-state index contributed by atoms with van der Waals surface area (Å²) in [6, 6.07) is 9.02. The van der Waals surface area contributed by atoms with Gasteiger partial charge in [0.15, 0.2) is 0 Å². The highest BCUT2D eigenvalue weighted by Gasteiger charge is 2.24. The van der Waals surface area contributed by atoms with E-state index in [1.54, 1.807) is 12.1 Å². The van der Waals surface area contributed by atoms with Crippen LogP contribution in [0.5, 0.6) is 0 Å². The largest absolute Gasteiger partial charge is 0.459 e. The highest BCUT2D eigenvalue weighted by Crippen LogP contribution is 2.23. The molecule has 1 saturated heterocycles. The molecule has 1 aliphatic heterocycles. The Kier molecular flexibility index (Phi) is 4.74. The lowest BCUT2D eigenvalue weighted by atomic mass is 10.0. The van der Waals surface area contributed by atoms with Crippen LogP contribution < -0.4 is 0 Å². The van der Waals surface area contributed by atoms with Crippen LogP contribution in [0.3, 0.4) is 0 Å². The summed E-state index contributed by atoms with van der Waals surface area (Å²) in [5.41, 5.74) is 1.62. The van der Waals surface area contributed by atoms with E-state index in [0.29, 0.717) is 12.2 Å². The highest BCUT2D eigenvalue weighted by molar-refractivity contribution is 5.89. The van der Waals surface area contributed by atoms with Crippen molar-refractivity contribution in [3.8, 4) is 0 Å². The summed E-state index contributed by atoms with van der Waals surface area (Å²) < 4.78 is 11.2. The summed E-state index contributed by atoms with van der Waals surface area (Å²) in [7, 11) is 0. The molecule has 3 heteroatoms. The fourth-order valence-corrected chi connectivity index (χ4v) is 2.21. The Labute approximate surface area is 114 Å². The van der Waals surface area contributed by atoms with Crippen molar-refractivity contribution in [2.75, 3.05) is 6.61 Å². The molecule has 0 saturated carbocycles. The van der Waals surface area contributed by atoms with E-state index in [0.717, 1.165) is 24.8 Å². The average molecular weight is 260 g/mol. The molecular formula is C16H20O3. The van der Waals surface area contributed by atoms with Crippen LogP contribution in [-0.2, 0) is 9.47 Å². The summed E-state index contributed by atoms with van der Waals surface area (Å²) >= 11 is 0. The van der Waals surface area contributed by atoms with Gasteiger partial charge in [0.25, 0.3) is 0 Å². The molecular weight excluding hydrogens is 240 g/mol. The number of benzene rings is 1. The molecule has 0 radical (unpaired) electrons. The van der Waals surface area contributed by atoms with Gasteiger partial charge in [-0.05, 0) is 38.3 Å². The average Bonchev–Trinajstić information content (AvgIpc) is 2.46. The minimum Gasteiger partial charge on any atom is -0.459 e. The van der Waals surface area contributed by atoms with Gasteiger partial charge in [-0.15, -0.1) is 0 Å². The molecule has 1 aromatic carbocycles. The zero-order valence-electron chi connectivity index (χ0n) is 11.3. The zero-order chi connectivity index (χ0) is 13.7. The number of carbonyl (C=O) groups excluding carboxylic acids is 1. The van der Waals surface area contributed by atoms with Gasteiger partial charge in [-0.25, -0.2) is 4.79 Å². The van der Waals surface area contributed by atoms with Gasteiger partial charge in [0.2, 0.25) is 0 Å². The van der Waals surface area contributed by atoms with Gasteiger partial charge >= 0.3 is 5.97 Å². The molecule has 0 unspecified atom stereocenters. The Hall–Kier alpha value is -1.61. The molecule has 0 amide bonds. The van der Waals surface area contributed by atoms with Crippen molar-refractivity contribution >= 4 is 5.97 Å². The first kappa shape index (κ1) is 13.8. The van der Waals surface area contributed by atoms with Gasteiger partial charge in [-0.3, -0.25) is 0 Å². The standard InChI is InChI=1S/C16H20O3/c1-12(2)15-10-6-9-14(19-15)11-18-16(17)13-7-4-3-5-8-13/h3-5,7-8,14-15H,1,6,9-11H2,2H3/t14-,15+/m1/s1. The van der Waals surface area contributed by atoms with Gasteiger partial charge in [-0.1, -0.05) is 30.4 Å². The van der Waals surface area contributed by atoms with Crippen LogP contribution in [0.2, 0.25) is 0 Å². The quantitative estimate of drug-likeness (QED) is 0.615. The number of rotatable bonds is 4. The molecule has 102 valence electrons. The van der Waals surface area contributed by atoms with Gasteiger partial charge < -0.3 is 9.47 Å². The third kappa shape index (κ3) is 3.93. The molecule has 0 aromatic heterocycles. The molecule has 1 fully saturated rings. The second-order valence-corrected chi connectivity index (χ2v) is 4.99. The van der Waals surface area contributed by atoms with E-state index >= 15 is 0 Å². The Morgan fingerprint density at radius 2 is 2.11 bits per heavy atom. The van der Waals surface area contributed by atoms with Crippen molar-refractivity contribution in [2.45, 2.75) is 38.4 Å². The summed E-state index contributed by atoms with van der Waals surface area (Å²) in [6.07, 6.45) is 3.13. The van der Waals surface area contributed by atoms with E-state index in [2.05, 4.69) is 6.58 Å². The first-order valence-corrected chi connectivity index (χ1v) is 6.70. The van der Waals surface area contributed by atoms with Crippen LogP contribution in [0.4, 0.5) is 0 Å². The van der Waals surface area contributed by atoms with Crippen LogP contribution in [0.1, 0.15) is 36.5 Å². The van der Waals surface area contributed by atoms with Crippen molar-refractivity contribution in [1.29, 1.82) is 0 Å². The first-order chi connectivity index (χ1) is 9.16. The number of hydrogen-bond acceptors (Lipinski definition) is 3. The third-order valence-electron chi connectivity index (χ3n) is 3.31. The van der Waals surface area contributed by atoms with Crippen LogP contribution in [0.25, 0.3) is 0 Å². The molecule has 0 N–H and O–H groups in total. The predicted octanol–water partition coefficient (Wildman–Crippen LogP) is 3.36. The summed E-state index contributed by atoms with van der Waals surface area (Å²) in [6.45, 7) is 6.22. The highest BCUT2D eigenvalue weighted by atomic mass is 16.6. The number of esters is 1. The van der Waals surface area contributed by atoms with E-state index in [-0.39, 0.29) is 18.2 Å². The number of ether oxygens (including phenoxy) is 2. The molecule has 1 heterocycles. The van der Waals surface area contributed by atoms with Crippen LogP contribution in [0, 0.1) is 0 Å². The second kappa shape index (κ2) is 6.53. The summed E-state index contributed by atoms with van der Waals surface area (Å²) in [5, 5.41) is 0. The van der Waals surface area contributed by atoms with Crippen molar-refractivity contribution < 1.29 is 14.3 Å². The van der Waals surface area contributed by atoms with Gasteiger partial charge in [0.05, 0.1) is 17.8 Å². The SMILES string of the molecule is C=C(C)[C@@H]1CCC[C@H](COC(=O)c2ccccc2)O1. The fourth-order valence-electron chi connectivity index (χ4n) is 2.21. The fraction of sp³-hybridized carbons (Fsp3) is 0.438. The van der Waals surface area contributed by atoms with Gasteiger partial charge in [0.1, 0.15) is 6.61 Å². The van der Waals surface area contributed by atoms with E-state index in [4.69, 9.17) is 9.47 Å². The van der Waals surface area contributed by atoms with E-state index < -0.39 is 0 Å². The Balaban J connectivity index is 1.82. The summed E-state index contributed by atoms with van der Waals surface area (Å²) in [5.74, 6) is -0.290. The molecule has 1 aliphatic rings. The van der Waals surface area contributed by atoms with Crippen molar-refractivity contribution in [3.05, 3.63) is 48.0 Å². The molecule has 2 atom stereocenters. The van der Waals surface area contributed by atoms with Crippen LogP contribution in [0.15, 0.2) is 42.5 Å². The molecule has 0 bridgehead atoms. The van der Waals surface area contributed by atoms with Gasteiger partial charge in [-0.2, -0.15) is 0 Å². The summed E-state index contributed by atoms with van der Waals surface area (Å²) in [4.78, 5) is 11.8. The smallest absolute Gasteiger partial charge is 0.338 e. The lowest BCUT2D eigenvalue weighted by Gasteiger charge is -2.30. The van der Waals surface area contributed by atoms with Crippen LogP contribution in [-0.4, -0.2) is 24.8 Å². The molecule has 19 heavy (non-hydrogen) atoms. The molecule has 2 rings (SSSR count). The lowest BCUT2D eigenvalue weighted by Crippen LogP contribution is -2.32. The van der Waals surface area contributed by atoms with Crippen molar-refractivity contribution in [2.24, 2.45) is 0 Å². The maximum Gasteiger partial charge on any atom is 0.338 e. The monoisotopic (exact) mass is 260 g/mol. The molecule has 3 nitrogen and oxygen atoms in total. The molecule has 1 aromatic rings. The predicted molar refractivity (Wildman–Crippen MR) is 74.1 cm³/mol. The molecule has 0 aliphatic carbocycles. The minimum absolute atomic E-state index is 0.0110. The third-order valence-corrected chi connectivity index (χ3v) is 3.31. The topological polar surface area (TPSA) is 35.5 Å². The number of carbonyl (C=O) groups is 1. The van der Waals surface area contributed by atoms with Gasteiger partial charge in [0, 0.05) is 0 Å². The maximum absolute atomic E-state index is 11.8. The minimum atomic E-state index is -0.290.